The average Bonchev–Trinajstić information content (AvgIpc) is 2.56. The van der Waals surface area contributed by atoms with E-state index in [2.05, 4.69) is 4.98 Å². The lowest BCUT2D eigenvalue weighted by Crippen LogP contribution is -2.11. The van der Waals surface area contributed by atoms with Crippen LogP contribution in [0.4, 0.5) is 0 Å². The van der Waals surface area contributed by atoms with Crippen LogP contribution in [0, 0.1) is 0 Å². The van der Waals surface area contributed by atoms with Gasteiger partial charge in [-0.2, -0.15) is 0 Å². The summed E-state index contributed by atoms with van der Waals surface area (Å²) in [5.41, 5.74) is 1.75. The van der Waals surface area contributed by atoms with Gasteiger partial charge < -0.3 is 9.67 Å². The largest absolute Gasteiger partial charge is 0.480 e. The minimum Gasteiger partial charge on any atom is -0.480 e. The maximum Gasteiger partial charge on any atom is 0.323 e. The first-order valence-electron chi connectivity index (χ1n) is 4.87. The van der Waals surface area contributed by atoms with Crippen molar-refractivity contribution in [3.05, 3.63) is 30.1 Å². The average molecular weight is 204 g/mol. The molecule has 2 rings (SSSR count). The Balaban J connectivity index is 2.61. The number of pyridine rings is 1. The van der Waals surface area contributed by atoms with Crippen molar-refractivity contribution in [2.24, 2.45) is 0 Å². The molecular weight excluding hydrogens is 192 g/mol. The Bertz CT molecular complexity index is 502. The third kappa shape index (κ3) is 1.70. The molecule has 0 fully saturated rings. The van der Waals surface area contributed by atoms with E-state index in [0.29, 0.717) is 0 Å². The number of nitrogens with zero attached hydrogens (tertiary/aromatic N) is 2. The molecule has 0 aliphatic heterocycles. The molecule has 2 aromatic heterocycles. The molecule has 0 bridgehead atoms. The van der Waals surface area contributed by atoms with E-state index >= 15 is 0 Å². The number of carboxylic acids is 1. The smallest absolute Gasteiger partial charge is 0.323 e. The Morgan fingerprint density at radius 1 is 1.60 bits per heavy atom. The SMILES string of the molecule is CCc1cc2cccnc2n1CC(=O)O. The predicted octanol–water partition coefficient (Wildman–Crippen LogP) is 1.68. The number of hydrogen-bond acceptors (Lipinski definition) is 2. The summed E-state index contributed by atoms with van der Waals surface area (Å²) >= 11 is 0. The molecule has 0 amide bonds. The quantitative estimate of drug-likeness (QED) is 0.827. The van der Waals surface area contributed by atoms with Crippen molar-refractivity contribution in [1.29, 1.82) is 0 Å². The van der Waals surface area contributed by atoms with Crippen molar-refractivity contribution in [2.75, 3.05) is 0 Å². The fraction of sp³-hybridized carbons (Fsp3) is 0.273. The van der Waals surface area contributed by atoms with Gasteiger partial charge in [0.15, 0.2) is 0 Å². The van der Waals surface area contributed by atoms with Crippen molar-refractivity contribution in [3.8, 4) is 0 Å². The van der Waals surface area contributed by atoms with E-state index in [-0.39, 0.29) is 6.54 Å². The Hall–Kier alpha value is -1.84. The first-order chi connectivity index (χ1) is 7.22. The van der Waals surface area contributed by atoms with Crippen LogP contribution in [-0.4, -0.2) is 20.6 Å². The molecule has 15 heavy (non-hydrogen) atoms. The number of aromatic nitrogens is 2. The van der Waals surface area contributed by atoms with Gasteiger partial charge in [0.25, 0.3) is 0 Å². The lowest BCUT2D eigenvalue weighted by Gasteiger charge is -2.04. The summed E-state index contributed by atoms with van der Waals surface area (Å²) in [5, 5.41) is 9.81. The molecule has 2 heterocycles. The van der Waals surface area contributed by atoms with Gasteiger partial charge in [-0.1, -0.05) is 6.92 Å². The van der Waals surface area contributed by atoms with Gasteiger partial charge in [0.1, 0.15) is 12.2 Å². The number of hydrogen-bond donors (Lipinski definition) is 1. The van der Waals surface area contributed by atoms with Crippen LogP contribution in [0.15, 0.2) is 24.4 Å². The highest BCUT2D eigenvalue weighted by Crippen LogP contribution is 2.17. The minimum atomic E-state index is -0.840. The Kier molecular flexibility index (Phi) is 2.41. The fourth-order valence-corrected chi connectivity index (χ4v) is 1.75. The number of rotatable bonds is 3. The van der Waals surface area contributed by atoms with Gasteiger partial charge in [0.2, 0.25) is 0 Å². The zero-order chi connectivity index (χ0) is 10.8. The topological polar surface area (TPSA) is 55.1 Å². The molecule has 4 heteroatoms. The van der Waals surface area contributed by atoms with Crippen LogP contribution < -0.4 is 0 Å². The van der Waals surface area contributed by atoms with E-state index < -0.39 is 5.97 Å². The molecular formula is C11H12N2O2. The monoisotopic (exact) mass is 204 g/mol. The second-order valence-electron chi connectivity index (χ2n) is 3.39. The van der Waals surface area contributed by atoms with Gasteiger partial charge >= 0.3 is 5.97 Å². The fourth-order valence-electron chi connectivity index (χ4n) is 1.75. The molecule has 0 spiro atoms. The molecule has 0 atom stereocenters. The number of aliphatic carboxylic acids is 1. The summed E-state index contributed by atoms with van der Waals surface area (Å²) in [4.78, 5) is 14.9. The van der Waals surface area contributed by atoms with Crippen LogP contribution >= 0.6 is 0 Å². The first kappa shape index (κ1) is 9.71. The molecule has 4 nitrogen and oxygen atoms in total. The Labute approximate surface area is 87.2 Å². The Morgan fingerprint density at radius 2 is 2.40 bits per heavy atom. The van der Waals surface area contributed by atoms with E-state index in [9.17, 15) is 4.79 Å². The van der Waals surface area contributed by atoms with E-state index in [0.717, 1.165) is 23.1 Å². The van der Waals surface area contributed by atoms with Gasteiger partial charge in [0.05, 0.1) is 0 Å². The third-order valence-electron chi connectivity index (χ3n) is 2.40. The highest BCUT2D eigenvalue weighted by molar-refractivity contribution is 5.79. The number of aryl methyl sites for hydroxylation is 1. The van der Waals surface area contributed by atoms with E-state index in [1.54, 1.807) is 10.8 Å². The van der Waals surface area contributed by atoms with E-state index in [4.69, 9.17) is 5.11 Å². The molecule has 0 aliphatic rings. The number of carbonyl (C=O) groups is 1. The van der Waals surface area contributed by atoms with Gasteiger partial charge in [0, 0.05) is 17.3 Å². The minimum absolute atomic E-state index is 0.0241. The summed E-state index contributed by atoms with van der Waals surface area (Å²) in [6, 6.07) is 5.79. The molecule has 0 unspecified atom stereocenters. The maximum atomic E-state index is 10.7. The summed E-state index contributed by atoms with van der Waals surface area (Å²) < 4.78 is 1.75. The zero-order valence-electron chi connectivity index (χ0n) is 8.47. The van der Waals surface area contributed by atoms with Crippen molar-refractivity contribution < 1.29 is 9.90 Å². The first-order valence-corrected chi connectivity index (χ1v) is 4.87. The highest BCUT2D eigenvalue weighted by Gasteiger charge is 2.10. The standard InChI is InChI=1S/C11H12N2O2/c1-2-9-6-8-4-3-5-12-11(8)13(9)7-10(14)15/h3-6H,2,7H2,1H3,(H,14,15). The van der Waals surface area contributed by atoms with Crippen LogP contribution in [0.2, 0.25) is 0 Å². The molecule has 2 aromatic rings. The van der Waals surface area contributed by atoms with Crippen molar-refractivity contribution >= 4 is 17.0 Å². The zero-order valence-corrected chi connectivity index (χ0v) is 8.47. The molecule has 0 radical (unpaired) electrons. The van der Waals surface area contributed by atoms with Gasteiger partial charge in [-0.3, -0.25) is 4.79 Å². The summed E-state index contributed by atoms with van der Waals surface area (Å²) in [6.07, 6.45) is 2.49. The Morgan fingerprint density at radius 3 is 3.07 bits per heavy atom. The number of carboxylic acid groups (broad SMARTS) is 1. The van der Waals surface area contributed by atoms with Crippen molar-refractivity contribution in [1.82, 2.24) is 9.55 Å². The van der Waals surface area contributed by atoms with Crippen molar-refractivity contribution in [3.63, 3.8) is 0 Å². The second kappa shape index (κ2) is 3.73. The number of fused-ring (bicyclic) bond motifs is 1. The molecule has 78 valence electrons. The molecule has 0 aliphatic carbocycles. The molecule has 0 saturated carbocycles. The van der Waals surface area contributed by atoms with Crippen LogP contribution in [0.25, 0.3) is 11.0 Å². The molecule has 1 N–H and O–H groups in total. The normalized spacial score (nSPS) is 10.7. The summed E-state index contributed by atoms with van der Waals surface area (Å²) in [6.45, 7) is 1.98. The molecule has 0 saturated heterocycles. The lowest BCUT2D eigenvalue weighted by atomic mass is 10.3. The van der Waals surface area contributed by atoms with Gasteiger partial charge in [-0.15, -0.1) is 0 Å². The van der Waals surface area contributed by atoms with Crippen LogP contribution in [0.5, 0.6) is 0 Å². The predicted molar refractivity (Wildman–Crippen MR) is 56.7 cm³/mol. The maximum absolute atomic E-state index is 10.7. The van der Waals surface area contributed by atoms with Crippen molar-refractivity contribution in [2.45, 2.75) is 19.9 Å². The van der Waals surface area contributed by atoms with Crippen LogP contribution in [0.3, 0.4) is 0 Å². The second-order valence-corrected chi connectivity index (χ2v) is 3.39. The van der Waals surface area contributed by atoms with Crippen LogP contribution in [-0.2, 0) is 17.8 Å². The highest BCUT2D eigenvalue weighted by atomic mass is 16.4. The van der Waals surface area contributed by atoms with Gasteiger partial charge in [-0.25, -0.2) is 4.98 Å². The lowest BCUT2D eigenvalue weighted by molar-refractivity contribution is -0.137. The van der Waals surface area contributed by atoms with Crippen LogP contribution in [0.1, 0.15) is 12.6 Å². The van der Waals surface area contributed by atoms with E-state index in [1.165, 1.54) is 0 Å². The van der Waals surface area contributed by atoms with E-state index in [1.807, 2.05) is 25.1 Å². The summed E-state index contributed by atoms with van der Waals surface area (Å²) in [7, 11) is 0. The summed E-state index contributed by atoms with van der Waals surface area (Å²) in [5.74, 6) is -0.840. The van der Waals surface area contributed by atoms with Gasteiger partial charge in [-0.05, 0) is 24.6 Å². The molecule has 0 aromatic carbocycles. The third-order valence-corrected chi connectivity index (χ3v) is 2.40.